The van der Waals surface area contributed by atoms with E-state index in [0.29, 0.717) is 12.6 Å². The maximum atomic E-state index is 6.02. The van der Waals surface area contributed by atoms with E-state index in [2.05, 4.69) is 14.6 Å². The molecule has 1 aliphatic heterocycles. The van der Waals surface area contributed by atoms with E-state index in [4.69, 9.17) is 10.5 Å². The Bertz CT molecular complexity index is 550. The maximum absolute atomic E-state index is 6.02. The molecule has 3 rings (SSSR count). The molecule has 1 aliphatic rings. The van der Waals surface area contributed by atoms with Crippen molar-refractivity contribution < 1.29 is 4.74 Å². The number of ether oxygens (including phenoxy) is 1. The first-order valence-corrected chi connectivity index (χ1v) is 5.93. The molecule has 92 valence electrons. The normalized spacial score (nSPS) is 21.2. The molecule has 1 fully saturated rings. The van der Waals surface area contributed by atoms with Crippen LogP contribution in [-0.2, 0) is 11.8 Å². The zero-order chi connectivity index (χ0) is 12.0. The molecule has 0 radical (unpaired) electrons. The summed E-state index contributed by atoms with van der Waals surface area (Å²) in [6.07, 6.45) is 2.15. The van der Waals surface area contributed by atoms with Crippen molar-refractivity contribution in [3.8, 4) is 0 Å². The molecule has 1 unspecified atom stereocenters. The second kappa shape index (κ2) is 3.73. The Labute approximate surface area is 99.4 Å². The Kier molecular flexibility index (Phi) is 2.32. The lowest BCUT2D eigenvalue weighted by molar-refractivity contribution is 0.0608. The van der Waals surface area contributed by atoms with Crippen LogP contribution < -0.4 is 5.73 Å². The highest BCUT2D eigenvalue weighted by Crippen LogP contribution is 2.28. The molecular formula is C11H17N5O. The summed E-state index contributed by atoms with van der Waals surface area (Å²) in [4.78, 5) is 4.41. The topological polar surface area (TPSA) is 70.9 Å². The lowest BCUT2D eigenvalue weighted by Crippen LogP contribution is -2.23. The van der Waals surface area contributed by atoms with Gasteiger partial charge in [0.25, 0.3) is 0 Å². The molecule has 1 atom stereocenters. The van der Waals surface area contributed by atoms with Crippen molar-refractivity contribution in [1.29, 1.82) is 0 Å². The first-order valence-electron chi connectivity index (χ1n) is 5.93. The SMILES string of the molecule is Cc1nn(C)c2c1nc(N)n2C1CCCOC1. The number of anilines is 1. The lowest BCUT2D eigenvalue weighted by Gasteiger charge is -2.24. The third-order valence-electron chi connectivity index (χ3n) is 3.36. The Hall–Kier alpha value is -1.56. The molecule has 2 N–H and O–H groups in total. The molecule has 2 aromatic rings. The van der Waals surface area contributed by atoms with Crippen LogP contribution in [0.15, 0.2) is 0 Å². The number of aryl methyl sites for hydroxylation is 2. The fraction of sp³-hybridized carbons (Fsp3) is 0.636. The Morgan fingerprint density at radius 3 is 3.00 bits per heavy atom. The number of nitrogen functional groups attached to an aromatic ring is 1. The number of nitrogens with two attached hydrogens (primary N) is 1. The van der Waals surface area contributed by atoms with E-state index in [1.54, 1.807) is 0 Å². The monoisotopic (exact) mass is 235 g/mol. The fourth-order valence-electron chi connectivity index (χ4n) is 2.60. The van der Waals surface area contributed by atoms with Gasteiger partial charge in [-0.1, -0.05) is 0 Å². The minimum Gasteiger partial charge on any atom is -0.379 e. The molecule has 2 aromatic heterocycles. The number of hydrogen-bond acceptors (Lipinski definition) is 4. The summed E-state index contributed by atoms with van der Waals surface area (Å²) < 4.78 is 9.44. The van der Waals surface area contributed by atoms with Gasteiger partial charge in [0.05, 0.1) is 18.3 Å². The maximum Gasteiger partial charge on any atom is 0.202 e. The molecule has 0 aromatic carbocycles. The number of nitrogens with zero attached hydrogens (tertiary/aromatic N) is 4. The van der Waals surface area contributed by atoms with E-state index in [1.807, 2.05) is 18.7 Å². The van der Waals surface area contributed by atoms with Crippen LogP contribution in [-0.4, -0.2) is 32.5 Å². The zero-order valence-electron chi connectivity index (χ0n) is 10.2. The summed E-state index contributed by atoms with van der Waals surface area (Å²) in [6, 6.07) is 0.281. The Balaban J connectivity index is 2.16. The van der Waals surface area contributed by atoms with Crippen molar-refractivity contribution in [2.24, 2.45) is 7.05 Å². The minimum atomic E-state index is 0.281. The summed E-state index contributed by atoms with van der Waals surface area (Å²) in [7, 11) is 1.93. The van der Waals surface area contributed by atoms with Crippen LogP contribution in [0.1, 0.15) is 24.6 Å². The quantitative estimate of drug-likeness (QED) is 0.800. The number of rotatable bonds is 1. The van der Waals surface area contributed by atoms with Gasteiger partial charge in [0.1, 0.15) is 5.52 Å². The number of aromatic nitrogens is 4. The highest BCUT2D eigenvalue weighted by Gasteiger charge is 2.23. The van der Waals surface area contributed by atoms with Crippen LogP contribution in [0.25, 0.3) is 11.2 Å². The van der Waals surface area contributed by atoms with E-state index in [1.165, 1.54) is 0 Å². The molecule has 0 saturated carbocycles. The number of hydrogen-bond donors (Lipinski definition) is 1. The third kappa shape index (κ3) is 1.51. The predicted molar refractivity (Wildman–Crippen MR) is 64.7 cm³/mol. The van der Waals surface area contributed by atoms with Crippen molar-refractivity contribution in [2.75, 3.05) is 18.9 Å². The molecule has 3 heterocycles. The van der Waals surface area contributed by atoms with E-state index in [0.717, 1.165) is 36.3 Å². The van der Waals surface area contributed by atoms with Gasteiger partial charge in [-0.15, -0.1) is 0 Å². The van der Waals surface area contributed by atoms with Gasteiger partial charge in [0.15, 0.2) is 5.65 Å². The number of imidazole rings is 1. The third-order valence-corrected chi connectivity index (χ3v) is 3.36. The largest absolute Gasteiger partial charge is 0.379 e. The summed E-state index contributed by atoms with van der Waals surface area (Å²) in [6.45, 7) is 3.51. The second-order valence-electron chi connectivity index (χ2n) is 4.59. The van der Waals surface area contributed by atoms with E-state index < -0.39 is 0 Å². The van der Waals surface area contributed by atoms with E-state index >= 15 is 0 Å². The molecule has 0 spiro atoms. The molecule has 6 nitrogen and oxygen atoms in total. The minimum absolute atomic E-state index is 0.281. The van der Waals surface area contributed by atoms with Crippen LogP contribution in [0.3, 0.4) is 0 Å². The highest BCUT2D eigenvalue weighted by atomic mass is 16.5. The molecule has 0 bridgehead atoms. The first kappa shape index (κ1) is 10.6. The first-order chi connectivity index (χ1) is 8.18. The number of fused-ring (bicyclic) bond motifs is 1. The standard InChI is InChI=1S/C11H17N5O/c1-7-9-10(15(2)14-7)16(11(12)13-9)8-4-3-5-17-6-8/h8H,3-6H2,1-2H3,(H2,12,13). The Morgan fingerprint density at radius 2 is 2.29 bits per heavy atom. The van der Waals surface area contributed by atoms with Crippen molar-refractivity contribution in [3.63, 3.8) is 0 Å². The van der Waals surface area contributed by atoms with Crippen LogP contribution in [0.2, 0.25) is 0 Å². The predicted octanol–water partition coefficient (Wildman–Crippen LogP) is 1.01. The van der Waals surface area contributed by atoms with Crippen molar-refractivity contribution >= 4 is 17.1 Å². The van der Waals surface area contributed by atoms with Crippen molar-refractivity contribution in [1.82, 2.24) is 19.3 Å². The van der Waals surface area contributed by atoms with Gasteiger partial charge < -0.3 is 10.5 Å². The second-order valence-corrected chi connectivity index (χ2v) is 4.59. The van der Waals surface area contributed by atoms with Crippen molar-refractivity contribution in [2.45, 2.75) is 25.8 Å². The van der Waals surface area contributed by atoms with Gasteiger partial charge >= 0.3 is 0 Å². The van der Waals surface area contributed by atoms with Gasteiger partial charge in [0.2, 0.25) is 5.95 Å². The van der Waals surface area contributed by atoms with Gasteiger partial charge in [-0.05, 0) is 19.8 Å². The lowest BCUT2D eigenvalue weighted by atomic mass is 10.1. The van der Waals surface area contributed by atoms with Crippen LogP contribution in [0.5, 0.6) is 0 Å². The zero-order valence-corrected chi connectivity index (χ0v) is 10.2. The molecule has 0 amide bonds. The van der Waals surface area contributed by atoms with Crippen LogP contribution in [0, 0.1) is 6.92 Å². The van der Waals surface area contributed by atoms with Gasteiger partial charge in [-0.3, -0.25) is 9.25 Å². The van der Waals surface area contributed by atoms with Gasteiger partial charge in [-0.25, -0.2) is 4.98 Å². The van der Waals surface area contributed by atoms with Gasteiger partial charge in [-0.2, -0.15) is 5.10 Å². The summed E-state index contributed by atoms with van der Waals surface area (Å²) >= 11 is 0. The molecular weight excluding hydrogens is 218 g/mol. The smallest absolute Gasteiger partial charge is 0.202 e. The molecule has 0 aliphatic carbocycles. The summed E-state index contributed by atoms with van der Waals surface area (Å²) in [5.41, 5.74) is 8.84. The molecule has 1 saturated heterocycles. The van der Waals surface area contributed by atoms with Gasteiger partial charge in [0, 0.05) is 13.7 Å². The fourth-order valence-corrected chi connectivity index (χ4v) is 2.60. The Morgan fingerprint density at radius 1 is 1.47 bits per heavy atom. The van der Waals surface area contributed by atoms with E-state index in [-0.39, 0.29) is 6.04 Å². The van der Waals surface area contributed by atoms with Crippen molar-refractivity contribution in [3.05, 3.63) is 5.69 Å². The summed E-state index contributed by atoms with van der Waals surface area (Å²) in [5.74, 6) is 0.562. The average Bonchev–Trinajstić information content (AvgIpc) is 2.79. The highest BCUT2D eigenvalue weighted by molar-refractivity contribution is 5.77. The average molecular weight is 235 g/mol. The van der Waals surface area contributed by atoms with Crippen LogP contribution >= 0.6 is 0 Å². The van der Waals surface area contributed by atoms with Crippen LogP contribution in [0.4, 0.5) is 5.95 Å². The summed E-state index contributed by atoms with van der Waals surface area (Å²) in [5, 5.41) is 4.38. The molecule has 6 heteroatoms. The molecule has 17 heavy (non-hydrogen) atoms. The van der Waals surface area contributed by atoms with E-state index in [9.17, 15) is 0 Å².